The number of carboxylic acid groups (broad SMARTS) is 1. The molecule has 1 aromatic heterocycles. The van der Waals surface area contributed by atoms with Crippen LogP contribution in [0.4, 0.5) is 22.0 Å². The van der Waals surface area contributed by atoms with Crippen LogP contribution in [0.1, 0.15) is 70.2 Å². The number of benzene rings is 2. The fourth-order valence-electron chi connectivity index (χ4n) is 6.50. The number of carbonyl (C=O) groups excluding carboxylic acids is 5. The zero-order chi connectivity index (χ0) is 45.5. The molecule has 1 aliphatic rings. The van der Waals surface area contributed by atoms with E-state index < -0.39 is 59.7 Å². The number of unbranched alkanes of at least 4 members (excludes halogenated alkanes) is 2. The topological polar surface area (TPSA) is 204 Å². The molecule has 0 aliphatic carbocycles. The summed E-state index contributed by atoms with van der Waals surface area (Å²) >= 11 is 0. The summed E-state index contributed by atoms with van der Waals surface area (Å²) in [6.45, 7) is 5.95. The number of carboxylic acids is 1. The molecule has 332 valence electrons. The summed E-state index contributed by atoms with van der Waals surface area (Å²) < 4.78 is 62.9. The molecule has 14 nitrogen and oxygen atoms in total. The molecule has 2 heterocycles. The number of alkyl halides is 3. The number of aliphatic carboxylic acids is 1. The Morgan fingerprint density at radius 3 is 2.10 bits per heavy atom. The Morgan fingerprint density at radius 1 is 0.885 bits per heavy atom. The summed E-state index contributed by atoms with van der Waals surface area (Å²) in [4.78, 5) is 73.3. The maximum absolute atomic E-state index is 15.0. The molecule has 0 saturated heterocycles. The zero-order valence-corrected chi connectivity index (χ0v) is 34.0. The average molecular weight is 863 g/mol. The lowest BCUT2D eigenvalue weighted by Crippen LogP contribution is -2.48. The van der Waals surface area contributed by atoms with E-state index in [0.29, 0.717) is 43.6 Å². The van der Waals surface area contributed by atoms with E-state index in [-0.39, 0.29) is 55.8 Å². The first-order valence-electron chi connectivity index (χ1n) is 19.4. The van der Waals surface area contributed by atoms with Crippen molar-refractivity contribution in [1.29, 1.82) is 0 Å². The number of aromatic nitrogens is 1. The Morgan fingerprint density at radius 2 is 1.51 bits per heavy atom. The minimum atomic E-state index is -5.08. The molecule has 1 unspecified atom stereocenters. The van der Waals surface area contributed by atoms with Crippen molar-refractivity contribution in [3.8, 4) is 11.1 Å². The number of imide groups is 1. The highest BCUT2D eigenvalue weighted by Gasteiger charge is 2.39. The summed E-state index contributed by atoms with van der Waals surface area (Å²) in [6, 6.07) is 12.8. The second-order valence-corrected chi connectivity index (χ2v) is 15.2. The predicted molar refractivity (Wildman–Crippen MR) is 213 cm³/mol. The molecule has 4 rings (SSSR count). The van der Waals surface area contributed by atoms with E-state index in [1.54, 1.807) is 12.3 Å². The van der Waals surface area contributed by atoms with Crippen molar-refractivity contribution in [2.45, 2.75) is 77.7 Å². The number of rotatable bonds is 19. The van der Waals surface area contributed by atoms with E-state index in [1.807, 2.05) is 55.7 Å². The maximum atomic E-state index is 15.0. The monoisotopic (exact) mass is 862 g/mol. The van der Waals surface area contributed by atoms with Gasteiger partial charge in [-0.3, -0.25) is 28.9 Å². The molecule has 3 aromatic rings. The van der Waals surface area contributed by atoms with Crippen LogP contribution in [-0.4, -0.2) is 105 Å². The van der Waals surface area contributed by atoms with Crippen LogP contribution >= 0.6 is 0 Å². The van der Waals surface area contributed by atoms with E-state index in [0.717, 1.165) is 23.8 Å². The van der Waals surface area contributed by atoms with Crippen LogP contribution in [0.15, 0.2) is 72.9 Å². The molecule has 5 amide bonds. The third kappa shape index (κ3) is 15.2. The van der Waals surface area contributed by atoms with Gasteiger partial charge in [-0.1, -0.05) is 57.5 Å². The fraction of sp³-hybridized carbons (Fsp3) is 0.429. The van der Waals surface area contributed by atoms with Crippen molar-refractivity contribution < 1.29 is 60.9 Å². The molecule has 6 N–H and O–H groups in total. The molecule has 0 spiro atoms. The van der Waals surface area contributed by atoms with Gasteiger partial charge in [0.25, 0.3) is 11.8 Å². The van der Waals surface area contributed by atoms with E-state index in [2.05, 4.69) is 10.6 Å². The molecule has 0 radical (unpaired) electrons. The Kier molecular flexibility index (Phi) is 18.3. The molecule has 19 heteroatoms. The van der Waals surface area contributed by atoms with Crippen molar-refractivity contribution >= 4 is 35.5 Å². The third-order valence-electron chi connectivity index (χ3n) is 9.43. The van der Waals surface area contributed by atoms with Gasteiger partial charge >= 0.3 is 12.1 Å². The molecular weight excluding hydrogens is 811 g/mol. The molecule has 2 atom stereocenters. The van der Waals surface area contributed by atoms with E-state index >= 15 is 4.39 Å². The number of hydrogen-bond donors (Lipinski definition) is 5. The molecule has 0 fully saturated rings. The van der Waals surface area contributed by atoms with Crippen LogP contribution < -0.4 is 16.4 Å². The number of aliphatic hydroxyl groups is 1. The van der Waals surface area contributed by atoms with Gasteiger partial charge in [0.2, 0.25) is 17.7 Å². The maximum Gasteiger partial charge on any atom is 0.490 e. The lowest BCUT2D eigenvalue weighted by atomic mass is 9.82. The van der Waals surface area contributed by atoms with Crippen LogP contribution in [0.2, 0.25) is 0 Å². The summed E-state index contributed by atoms with van der Waals surface area (Å²) in [5, 5.41) is 22.6. The van der Waals surface area contributed by atoms with Gasteiger partial charge < -0.3 is 36.0 Å². The Hall–Kier alpha value is -5.95. The first-order chi connectivity index (χ1) is 28.6. The minimum absolute atomic E-state index is 0.00339. The van der Waals surface area contributed by atoms with Crippen LogP contribution in [0, 0.1) is 17.0 Å². The number of nitrogens with one attached hydrogen (secondary N) is 2. The van der Waals surface area contributed by atoms with Crippen LogP contribution in [0.25, 0.3) is 11.1 Å². The summed E-state index contributed by atoms with van der Waals surface area (Å²) in [7, 11) is 0. The highest BCUT2D eigenvalue weighted by atomic mass is 19.4. The highest BCUT2D eigenvalue weighted by molar-refractivity contribution is 6.12. The number of nitrogens with two attached hydrogens (primary N) is 1. The zero-order valence-electron chi connectivity index (χ0n) is 34.0. The first kappa shape index (κ1) is 49.4. The fourth-order valence-corrected chi connectivity index (χ4v) is 6.50. The number of aliphatic hydroxyl groups excluding tert-OH is 1. The number of nitrogens with zero attached hydrogens (tertiary/aromatic N) is 3. The van der Waals surface area contributed by atoms with Gasteiger partial charge in [-0.15, -0.1) is 0 Å². The molecule has 0 saturated carbocycles. The van der Waals surface area contributed by atoms with Gasteiger partial charge in [0, 0.05) is 74.3 Å². The van der Waals surface area contributed by atoms with Gasteiger partial charge in [-0.25, -0.2) is 13.6 Å². The van der Waals surface area contributed by atoms with Crippen molar-refractivity contribution in [1.82, 2.24) is 25.0 Å². The van der Waals surface area contributed by atoms with E-state index in [9.17, 15) is 46.6 Å². The Labute approximate surface area is 349 Å². The molecular formula is C42H51F5N6O8. The quantitative estimate of drug-likeness (QED) is 0.0655. The second-order valence-electron chi connectivity index (χ2n) is 15.2. The van der Waals surface area contributed by atoms with Gasteiger partial charge in [0.15, 0.2) is 0 Å². The van der Waals surface area contributed by atoms with Crippen molar-refractivity contribution in [2.24, 2.45) is 11.1 Å². The summed E-state index contributed by atoms with van der Waals surface area (Å²) in [5.74, 6) is -5.89. The van der Waals surface area contributed by atoms with Crippen LogP contribution in [0.5, 0.6) is 0 Å². The van der Waals surface area contributed by atoms with Gasteiger partial charge in [0.05, 0.1) is 12.1 Å². The summed E-state index contributed by atoms with van der Waals surface area (Å²) in [6.07, 6.45) is 1.24. The lowest BCUT2D eigenvalue weighted by Gasteiger charge is -2.41. The normalized spacial score (nSPS) is 13.6. The standard InChI is InChI=1S/C40H50F2N6O6.C2HF3O2/c1-40(2,3)38(33-22-28(30-23-29(41)13-14-31(30)42)25-46(33)24-27-10-6-4-7-11-27)48(37(53)26-49)21-17-32(43)39(54)45-19-18-44-34(50)12-8-5-9-20-47-35(51)15-16-36(47)52;3-2(4,5)1(6)7/h4,6-7,10-11,13-16,22-23,25,32,38,49H,5,8-9,12,17-21,24,26,43H2,1-3H3,(H,44,50)(H,45,54);(H,6,7)/t32-,38?;/m0./s1. The molecule has 2 aromatic carbocycles. The molecule has 61 heavy (non-hydrogen) atoms. The van der Waals surface area contributed by atoms with Crippen molar-refractivity contribution in [2.75, 3.05) is 32.8 Å². The second kappa shape index (κ2) is 22.6. The summed E-state index contributed by atoms with van der Waals surface area (Å²) in [5.41, 5.74) is 7.66. The smallest absolute Gasteiger partial charge is 0.475 e. The minimum Gasteiger partial charge on any atom is -0.475 e. The van der Waals surface area contributed by atoms with Gasteiger partial charge in [-0.05, 0) is 54.5 Å². The average Bonchev–Trinajstić information content (AvgIpc) is 3.75. The van der Waals surface area contributed by atoms with E-state index in [1.165, 1.54) is 22.0 Å². The molecule has 0 bridgehead atoms. The van der Waals surface area contributed by atoms with Crippen LogP contribution in [-0.2, 0) is 35.3 Å². The molecule has 1 aliphatic heterocycles. The van der Waals surface area contributed by atoms with Crippen LogP contribution in [0.3, 0.4) is 0 Å². The Balaban J connectivity index is 0.00000130. The van der Waals surface area contributed by atoms with Gasteiger partial charge in [0.1, 0.15) is 18.2 Å². The number of hydrogen-bond acceptors (Lipinski definition) is 8. The van der Waals surface area contributed by atoms with Gasteiger partial charge in [-0.2, -0.15) is 13.2 Å². The highest BCUT2D eigenvalue weighted by Crippen LogP contribution is 2.41. The lowest BCUT2D eigenvalue weighted by molar-refractivity contribution is -0.192. The number of amides is 5. The van der Waals surface area contributed by atoms with E-state index in [4.69, 9.17) is 15.6 Å². The Bertz CT molecular complexity index is 2020. The largest absolute Gasteiger partial charge is 0.490 e. The van der Waals surface area contributed by atoms with Crippen molar-refractivity contribution in [3.05, 3.63) is 95.8 Å². The first-order valence-corrected chi connectivity index (χ1v) is 19.4. The predicted octanol–water partition coefficient (Wildman–Crippen LogP) is 4.46. The number of halogens is 5. The third-order valence-corrected chi connectivity index (χ3v) is 9.43. The number of carbonyl (C=O) groups is 6. The SMILES string of the molecule is CC(C)(C)C(c1cc(-c2cc(F)ccc2F)cn1Cc1ccccc1)N(CC[C@H](N)C(=O)NCCNC(=O)CCCCCN1C(=O)C=CC1=O)C(=O)CO.O=C(O)C(F)(F)F. The van der Waals surface area contributed by atoms with Crippen molar-refractivity contribution in [3.63, 3.8) is 0 Å².